The number of hydrogen-bond donors (Lipinski definition) is 0. The van der Waals surface area contributed by atoms with Crippen LogP contribution in [-0.4, -0.2) is 31.1 Å². The topological polar surface area (TPSA) is 27.7 Å². The van der Waals surface area contributed by atoms with E-state index in [1.165, 1.54) is 18.2 Å². The van der Waals surface area contributed by atoms with E-state index in [1.807, 2.05) is 27.7 Å². The SMILES string of the molecule is CC1(C)OB(c2cc(Cl)ccc2OCC(F)(F)F)OC1(C)C. The van der Waals surface area contributed by atoms with Gasteiger partial charge in [-0.3, -0.25) is 0 Å². The summed E-state index contributed by atoms with van der Waals surface area (Å²) < 4.78 is 53.6. The smallest absolute Gasteiger partial charge is 0.484 e. The van der Waals surface area contributed by atoms with Crippen molar-refractivity contribution in [2.45, 2.75) is 45.1 Å². The fraction of sp³-hybridized carbons (Fsp3) is 0.571. The summed E-state index contributed by atoms with van der Waals surface area (Å²) in [5, 5.41) is 0.365. The van der Waals surface area contributed by atoms with Crippen LogP contribution in [0.15, 0.2) is 18.2 Å². The van der Waals surface area contributed by atoms with Crippen LogP contribution in [0.5, 0.6) is 5.75 Å². The highest BCUT2D eigenvalue weighted by Crippen LogP contribution is 2.37. The molecule has 1 saturated heterocycles. The third-order valence-electron chi connectivity index (χ3n) is 3.87. The lowest BCUT2D eigenvalue weighted by atomic mass is 9.78. The minimum absolute atomic E-state index is 0.0419. The van der Waals surface area contributed by atoms with Crippen LogP contribution < -0.4 is 10.2 Å². The zero-order valence-electron chi connectivity index (χ0n) is 12.8. The fourth-order valence-corrected chi connectivity index (χ4v) is 2.15. The number of halogens is 4. The molecule has 8 heteroatoms. The Labute approximate surface area is 132 Å². The van der Waals surface area contributed by atoms with Gasteiger partial charge in [0, 0.05) is 10.5 Å². The van der Waals surface area contributed by atoms with Crippen molar-refractivity contribution in [2.24, 2.45) is 0 Å². The van der Waals surface area contributed by atoms with Crippen molar-refractivity contribution in [3.8, 4) is 5.75 Å². The molecular weight excluding hydrogens is 319 g/mol. The van der Waals surface area contributed by atoms with Crippen molar-refractivity contribution < 1.29 is 27.2 Å². The van der Waals surface area contributed by atoms with E-state index >= 15 is 0 Å². The van der Waals surface area contributed by atoms with Gasteiger partial charge in [-0.15, -0.1) is 0 Å². The van der Waals surface area contributed by atoms with Crippen molar-refractivity contribution in [1.29, 1.82) is 0 Å². The molecule has 1 fully saturated rings. The third-order valence-corrected chi connectivity index (χ3v) is 4.11. The summed E-state index contributed by atoms with van der Waals surface area (Å²) in [4.78, 5) is 0. The van der Waals surface area contributed by atoms with Crippen molar-refractivity contribution in [3.63, 3.8) is 0 Å². The Morgan fingerprint density at radius 1 is 1.14 bits per heavy atom. The second-order valence-electron chi connectivity index (χ2n) is 6.17. The Kier molecular flexibility index (Phi) is 4.45. The van der Waals surface area contributed by atoms with Gasteiger partial charge in [0.2, 0.25) is 0 Å². The van der Waals surface area contributed by atoms with Crippen LogP contribution in [-0.2, 0) is 9.31 Å². The summed E-state index contributed by atoms with van der Waals surface area (Å²) in [5.41, 5.74) is -0.877. The predicted octanol–water partition coefficient (Wildman–Crippen LogP) is 3.58. The molecular formula is C14H17BClF3O3. The predicted molar refractivity (Wildman–Crippen MR) is 78.7 cm³/mol. The molecule has 0 radical (unpaired) electrons. The first-order valence-corrected chi connectivity index (χ1v) is 7.14. The van der Waals surface area contributed by atoms with Gasteiger partial charge >= 0.3 is 13.3 Å². The molecule has 122 valence electrons. The molecule has 22 heavy (non-hydrogen) atoms. The van der Waals surface area contributed by atoms with E-state index in [1.54, 1.807) is 0 Å². The Morgan fingerprint density at radius 2 is 1.68 bits per heavy atom. The summed E-state index contributed by atoms with van der Waals surface area (Å²) >= 11 is 5.94. The number of hydrogen-bond acceptors (Lipinski definition) is 3. The number of alkyl halides is 3. The lowest BCUT2D eigenvalue weighted by molar-refractivity contribution is -0.153. The minimum atomic E-state index is -4.42. The molecule has 1 aliphatic rings. The van der Waals surface area contributed by atoms with Crippen LogP contribution in [0.25, 0.3) is 0 Å². The van der Waals surface area contributed by atoms with E-state index in [9.17, 15) is 13.2 Å². The monoisotopic (exact) mass is 336 g/mol. The molecule has 2 rings (SSSR count). The van der Waals surface area contributed by atoms with Gasteiger partial charge in [-0.2, -0.15) is 13.2 Å². The van der Waals surface area contributed by atoms with Crippen LogP contribution in [0.2, 0.25) is 5.02 Å². The molecule has 1 aliphatic heterocycles. The van der Waals surface area contributed by atoms with Gasteiger partial charge in [-0.05, 0) is 45.9 Å². The lowest BCUT2D eigenvalue weighted by Gasteiger charge is -2.32. The summed E-state index contributed by atoms with van der Waals surface area (Å²) in [7, 11) is -0.841. The second kappa shape index (κ2) is 5.62. The summed E-state index contributed by atoms with van der Waals surface area (Å²) in [5.74, 6) is 0.0419. The quantitative estimate of drug-likeness (QED) is 0.790. The molecule has 0 aromatic heterocycles. The van der Waals surface area contributed by atoms with Gasteiger partial charge < -0.3 is 14.0 Å². The molecule has 0 saturated carbocycles. The van der Waals surface area contributed by atoms with Crippen LogP contribution in [0.1, 0.15) is 27.7 Å². The third kappa shape index (κ3) is 3.70. The zero-order valence-corrected chi connectivity index (χ0v) is 13.5. The molecule has 0 aliphatic carbocycles. The van der Waals surface area contributed by atoms with Crippen molar-refractivity contribution in [1.82, 2.24) is 0 Å². The molecule has 1 aromatic rings. The number of benzene rings is 1. The van der Waals surface area contributed by atoms with Crippen LogP contribution in [0, 0.1) is 0 Å². The van der Waals surface area contributed by atoms with Gasteiger partial charge in [-0.25, -0.2) is 0 Å². The largest absolute Gasteiger partial charge is 0.498 e. The van der Waals surface area contributed by atoms with Crippen molar-refractivity contribution in [2.75, 3.05) is 6.61 Å². The maximum absolute atomic E-state index is 12.4. The number of rotatable bonds is 3. The lowest BCUT2D eigenvalue weighted by Crippen LogP contribution is -2.41. The second-order valence-corrected chi connectivity index (χ2v) is 6.61. The van der Waals surface area contributed by atoms with Crippen LogP contribution >= 0.6 is 11.6 Å². The summed E-state index contributed by atoms with van der Waals surface area (Å²) in [6.07, 6.45) is -4.42. The molecule has 1 aromatic carbocycles. The number of ether oxygens (including phenoxy) is 1. The average molecular weight is 337 g/mol. The highest BCUT2D eigenvalue weighted by atomic mass is 35.5. The average Bonchev–Trinajstić information content (AvgIpc) is 2.55. The summed E-state index contributed by atoms with van der Waals surface area (Å²) in [6.45, 7) is 6.03. The minimum Gasteiger partial charge on any atom is -0.484 e. The maximum atomic E-state index is 12.4. The standard InChI is InChI=1S/C14H17BClF3O3/c1-12(2)13(3,4)22-15(21-12)10-7-9(16)5-6-11(10)20-8-14(17,18)19/h5-7H,8H2,1-4H3. The van der Waals surface area contributed by atoms with E-state index in [0.29, 0.717) is 10.5 Å². The van der Waals surface area contributed by atoms with Crippen molar-refractivity contribution in [3.05, 3.63) is 23.2 Å². The van der Waals surface area contributed by atoms with Crippen LogP contribution in [0.4, 0.5) is 13.2 Å². The van der Waals surface area contributed by atoms with Gasteiger partial charge in [0.15, 0.2) is 6.61 Å². The first-order chi connectivity index (χ1) is 9.91. The Hall–Kier alpha value is -0.915. The van der Waals surface area contributed by atoms with Gasteiger partial charge in [-0.1, -0.05) is 11.6 Å². The molecule has 0 amide bonds. The Morgan fingerprint density at radius 3 is 2.18 bits per heavy atom. The van der Waals surface area contributed by atoms with Crippen molar-refractivity contribution >= 4 is 24.2 Å². The van der Waals surface area contributed by atoms with Crippen LogP contribution in [0.3, 0.4) is 0 Å². The molecule has 3 nitrogen and oxygen atoms in total. The molecule has 0 bridgehead atoms. The molecule has 1 heterocycles. The van der Waals surface area contributed by atoms with Gasteiger partial charge in [0.25, 0.3) is 0 Å². The highest BCUT2D eigenvalue weighted by Gasteiger charge is 2.52. The van der Waals surface area contributed by atoms with Gasteiger partial charge in [0.05, 0.1) is 11.2 Å². The molecule has 0 N–H and O–H groups in total. The Bertz CT molecular complexity index is 545. The summed E-state index contributed by atoms with van der Waals surface area (Å²) in [6, 6.07) is 4.34. The van der Waals surface area contributed by atoms with E-state index < -0.39 is 31.1 Å². The fourth-order valence-electron chi connectivity index (χ4n) is 1.96. The molecule has 0 spiro atoms. The first-order valence-electron chi connectivity index (χ1n) is 6.76. The van der Waals surface area contributed by atoms with E-state index in [4.69, 9.17) is 25.6 Å². The molecule has 0 unspecified atom stereocenters. The first kappa shape index (κ1) is 17.4. The maximum Gasteiger partial charge on any atom is 0.498 e. The normalized spacial score (nSPS) is 20.3. The van der Waals surface area contributed by atoms with E-state index in [2.05, 4.69) is 0 Å². The molecule has 0 atom stereocenters. The van der Waals surface area contributed by atoms with E-state index in [0.717, 1.165) is 0 Å². The Balaban J connectivity index is 2.29. The van der Waals surface area contributed by atoms with E-state index in [-0.39, 0.29) is 5.75 Å². The van der Waals surface area contributed by atoms with Gasteiger partial charge in [0.1, 0.15) is 5.75 Å². The zero-order chi connectivity index (χ0) is 16.8. The highest BCUT2D eigenvalue weighted by molar-refractivity contribution is 6.63.